The van der Waals surface area contributed by atoms with E-state index in [1.807, 2.05) is 0 Å². The molecule has 1 aromatic heterocycles. The number of carbonyl (C=O) groups excluding carboxylic acids is 2. The van der Waals surface area contributed by atoms with Gasteiger partial charge in [-0.15, -0.1) is 0 Å². The summed E-state index contributed by atoms with van der Waals surface area (Å²) in [5.74, 6) is 1.06. The van der Waals surface area contributed by atoms with E-state index in [1.165, 1.54) is 4.68 Å². The minimum atomic E-state index is -0.825. The summed E-state index contributed by atoms with van der Waals surface area (Å²) in [6, 6.07) is 4.25. The molecule has 0 saturated carbocycles. The summed E-state index contributed by atoms with van der Waals surface area (Å²) >= 11 is 0. The highest BCUT2D eigenvalue weighted by Gasteiger charge is 2.33. The minimum absolute atomic E-state index is 0.0449. The molecule has 0 aliphatic carbocycles. The van der Waals surface area contributed by atoms with Gasteiger partial charge >= 0.3 is 0 Å². The molecule has 4 rings (SSSR count). The number of ether oxygens (including phenoxy) is 4. The number of nitrogens with one attached hydrogen (secondary N) is 2. The molecule has 0 unspecified atom stereocenters. The number of aromatic nitrogens is 3. The molecule has 1 aromatic carbocycles. The van der Waals surface area contributed by atoms with Crippen LogP contribution in [-0.4, -0.2) is 53.7 Å². The Kier molecular flexibility index (Phi) is 5.08. The topological polar surface area (TPSA) is 126 Å². The van der Waals surface area contributed by atoms with Gasteiger partial charge in [-0.1, -0.05) is 0 Å². The molecule has 3 heterocycles. The van der Waals surface area contributed by atoms with Crippen molar-refractivity contribution in [2.45, 2.75) is 19.1 Å². The number of nitrogens with zero attached hydrogens (tertiary/aromatic N) is 3. The van der Waals surface area contributed by atoms with Gasteiger partial charge < -0.3 is 24.3 Å². The number of carbonyl (C=O) groups is 2. The van der Waals surface area contributed by atoms with E-state index in [4.69, 9.17) is 18.9 Å². The molecular weight excluding hydrogens is 370 g/mol. The maximum Gasteiger partial charge on any atom is 0.249 e. The highest BCUT2D eigenvalue weighted by molar-refractivity contribution is 6.00. The van der Waals surface area contributed by atoms with Crippen LogP contribution >= 0.6 is 0 Å². The van der Waals surface area contributed by atoms with Crippen molar-refractivity contribution >= 4 is 23.5 Å². The van der Waals surface area contributed by atoms with Crippen LogP contribution < -0.4 is 20.1 Å². The summed E-state index contributed by atoms with van der Waals surface area (Å²) in [5, 5.41) is 9.70. The van der Waals surface area contributed by atoms with Crippen molar-refractivity contribution in [2.75, 3.05) is 37.8 Å². The zero-order chi connectivity index (χ0) is 19.5. The highest BCUT2D eigenvalue weighted by Crippen LogP contribution is 2.34. The Balaban J connectivity index is 1.48. The van der Waals surface area contributed by atoms with Crippen LogP contribution in [0.15, 0.2) is 18.2 Å². The number of rotatable bonds is 7. The molecule has 0 fully saturated rings. The summed E-state index contributed by atoms with van der Waals surface area (Å²) in [5.41, 5.74) is 0.532. The Hall–Kier alpha value is -3.18. The third-order valence-electron chi connectivity index (χ3n) is 4.21. The lowest BCUT2D eigenvalue weighted by atomic mass is 10.1. The van der Waals surface area contributed by atoms with Crippen LogP contribution in [0, 0.1) is 0 Å². The maximum absolute atomic E-state index is 12.8. The fourth-order valence-corrected chi connectivity index (χ4v) is 2.88. The molecule has 2 N–H and O–H groups in total. The summed E-state index contributed by atoms with van der Waals surface area (Å²) in [7, 11) is 1.58. The fraction of sp³-hybridized carbons (Fsp3) is 0.412. The molecule has 11 nitrogen and oxygen atoms in total. The van der Waals surface area contributed by atoms with Gasteiger partial charge in [0.25, 0.3) is 0 Å². The maximum atomic E-state index is 12.8. The van der Waals surface area contributed by atoms with E-state index in [1.54, 1.807) is 25.3 Å². The van der Waals surface area contributed by atoms with Crippen LogP contribution in [0.3, 0.4) is 0 Å². The number of hydrogen-bond donors (Lipinski definition) is 2. The number of benzene rings is 1. The Bertz CT molecular complexity index is 898. The molecule has 2 aliphatic rings. The molecule has 11 heteroatoms. The van der Waals surface area contributed by atoms with Crippen LogP contribution in [-0.2, 0) is 25.7 Å². The Morgan fingerprint density at radius 3 is 3.07 bits per heavy atom. The second-order valence-electron chi connectivity index (χ2n) is 6.17. The monoisotopic (exact) mass is 389 g/mol. The number of amides is 2. The molecule has 28 heavy (non-hydrogen) atoms. The van der Waals surface area contributed by atoms with Gasteiger partial charge in [-0.3, -0.25) is 14.9 Å². The standard InChI is InChI=1S/C17H19N5O6/c1-25-4-5-26-8-14-19-17-20-15(23)7-11(22(17)21-14)16(24)18-10-2-3-12-13(6-10)28-9-27-12/h2-3,6,11H,4-5,7-9H2,1H3,(H,18,24)(H,19,20,21,23)/t11-/m0/s1. The molecule has 1 atom stereocenters. The highest BCUT2D eigenvalue weighted by atomic mass is 16.7. The SMILES string of the molecule is COCCOCc1nc2n(n1)[C@H](C(=O)Nc1ccc3c(c1)OCO3)CC(=O)N2. The number of hydrogen-bond acceptors (Lipinski definition) is 8. The van der Waals surface area contributed by atoms with Crippen LogP contribution in [0.25, 0.3) is 0 Å². The van der Waals surface area contributed by atoms with Crippen LogP contribution in [0.4, 0.5) is 11.6 Å². The van der Waals surface area contributed by atoms with E-state index < -0.39 is 6.04 Å². The van der Waals surface area contributed by atoms with E-state index in [2.05, 4.69) is 20.7 Å². The second kappa shape index (κ2) is 7.82. The van der Waals surface area contributed by atoms with E-state index in [9.17, 15) is 9.59 Å². The second-order valence-corrected chi connectivity index (χ2v) is 6.17. The van der Waals surface area contributed by atoms with Gasteiger partial charge in [-0.2, -0.15) is 10.1 Å². The van der Waals surface area contributed by atoms with Crippen LogP contribution in [0.5, 0.6) is 11.5 Å². The Labute approximate surface area is 159 Å². The quantitative estimate of drug-likeness (QED) is 0.663. The van der Waals surface area contributed by atoms with Gasteiger partial charge in [0.15, 0.2) is 17.3 Å². The molecular formula is C17H19N5O6. The van der Waals surface area contributed by atoms with Gasteiger partial charge in [0.2, 0.25) is 24.6 Å². The molecule has 0 saturated heterocycles. The third-order valence-corrected chi connectivity index (χ3v) is 4.21. The van der Waals surface area contributed by atoms with Gasteiger partial charge in [-0.05, 0) is 12.1 Å². The average Bonchev–Trinajstić information content (AvgIpc) is 3.30. The fourth-order valence-electron chi connectivity index (χ4n) is 2.88. The van der Waals surface area contributed by atoms with Crippen LogP contribution in [0.2, 0.25) is 0 Å². The molecule has 2 amide bonds. The van der Waals surface area contributed by atoms with Crippen molar-refractivity contribution in [3.63, 3.8) is 0 Å². The first kappa shape index (κ1) is 18.2. The average molecular weight is 389 g/mol. The molecule has 0 spiro atoms. The summed E-state index contributed by atoms with van der Waals surface area (Å²) in [6.45, 7) is 1.13. The summed E-state index contributed by atoms with van der Waals surface area (Å²) in [4.78, 5) is 29.0. The van der Waals surface area contributed by atoms with E-state index >= 15 is 0 Å². The lowest BCUT2D eigenvalue weighted by Gasteiger charge is -2.22. The third kappa shape index (κ3) is 3.75. The van der Waals surface area contributed by atoms with Gasteiger partial charge in [0.1, 0.15) is 12.6 Å². The van der Waals surface area contributed by atoms with Crippen molar-refractivity contribution in [3.8, 4) is 11.5 Å². The summed E-state index contributed by atoms with van der Waals surface area (Å²) in [6.07, 6.45) is -0.0449. The molecule has 148 valence electrons. The predicted molar refractivity (Wildman–Crippen MR) is 95.0 cm³/mol. The largest absolute Gasteiger partial charge is 0.454 e. The zero-order valence-corrected chi connectivity index (χ0v) is 15.1. The zero-order valence-electron chi connectivity index (χ0n) is 15.1. The van der Waals surface area contributed by atoms with E-state index in [-0.39, 0.29) is 37.6 Å². The Morgan fingerprint density at radius 2 is 2.21 bits per heavy atom. The molecule has 0 radical (unpaired) electrons. The van der Waals surface area contributed by atoms with Crippen molar-refractivity contribution in [3.05, 3.63) is 24.0 Å². The van der Waals surface area contributed by atoms with Crippen LogP contribution in [0.1, 0.15) is 18.3 Å². The number of anilines is 2. The minimum Gasteiger partial charge on any atom is -0.454 e. The normalized spacial score (nSPS) is 17.2. The predicted octanol–water partition coefficient (Wildman–Crippen LogP) is 0.692. The first-order valence-electron chi connectivity index (χ1n) is 8.66. The lowest BCUT2D eigenvalue weighted by Crippen LogP contribution is -2.36. The number of methoxy groups -OCH3 is 1. The van der Waals surface area contributed by atoms with Crippen molar-refractivity contribution in [1.82, 2.24) is 14.8 Å². The lowest BCUT2D eigenvalue weighted by molar-refractivity contribution is -0.125. The van der Waals surface area contributed by atoms with E-state index in [0.29, 0.717) is 36.2 Å². The first-order chi connectivity index (χ1) is 13.6. The van der Waals surface area contributed by atoms with Crippen molar-refractivity contribution in [1.29, 1.82) is 0 Å². The Morgan fingerprint density at radius 1 is 1.36 bits per heavy atom. The summed E-state index contributed by atoms with van der Waals surface area (Å²) < 4.78 is 22.3. The van der Waals surface area contributed by atoms with Gasteiger partial charge in [0.05, 0.1) is 19.6 Å². The van der Waals surface area contributed by atoms with Gasteiger partial charge in [-0.25, -0.2) is 4.68 Å². The molecule has 0 bridgehead atoms. The molecule has 2 aromatic rings. The first-order valence-corrected chi connectivity index (χ1v) is 8.66. The smallest absolute Gasteiger partial charge is 0.249 e. The number of fused-ring (bicyclic) bond motifs is 2. The van der Waals surface area contributed by atoms with Crippen molar-refractivity contribution < 1.29 is 28.5 Å². The van der Waals surface area contributed by atoms with Gasteiger partial charge in [0, 0.05) is 18.9 Å². The van der Waals surface area contributed by atoms with Crippen molar-refractivity contribution in [2.24, 2.45) is 0 Å². The molecule has 2 aliphatic heterocycles. The van der Waals surface area contributed by atoms with E-state index in [0.717, 1.165) is 0 Å².